The van der Waals surface area contributed by atoms with E-state index in [0.29, 0.717) is 52.6 Å². The van der Waals surface area contributed by atoms with Crippen LogP contribution in [0.1, 0.15) is 80.3 Å². The number of carbonyl (C=O) groups is 3. The van der Waals surface area contributed by atoms with E-state index in [2.05, 4.69) is 30.1 Å². The van der Waals surface area contributed by atoms with E-state index in [1.807, 2.05) is 103 Å². The Kier molecular flexibility index (Phi) is 10.4. The molecule has 4 heterocycles. The Morgan fingerprint density at radius 2 is 1.49 bits per heavy atom. The van der Waals surface area contributed by atoms with Crippen LogP contribution < -0.4 is 29.3 Å². The van der Waals surface area contributed by atoms with Gasteiger partial charge in [-0.2, -0.15) is 12.6 Å². The number of nitrogens with zero attached hydrogens (tertiary/aromatic N) is 3. The summed E-state index contributed by atoms with van der Waals surface area (Å²) in [5.74, 6) is 1.42. The fourth-order valence-electron chi connectivity index (χ4n) is 8.79. The zero-order chi connectivity index (χ0) is 40.8. The molecule has 0 radical (unpaired) electrons. The molecule has 9 rings (SSSR count). The SMILES string of the molecule is COc1cc2c(cc1OCc1cc(COc3cc4c(cc3C)C(=O)N3c5ccccc5C[C@H]3C=N4)cc(NC(=O)CCC(C)S)c1)CC[C@@H]1Cc3ccccc3N1C2=O. The van der Waals surface area contributed by atoms with Crippen LogP contribution in [0, 0.1) is 6.92 Å². The number of hydrogen-bond donors (Lipinski definition) is 2. The largest absolute Gasteiger partial charge is 0.493 e. The minimum absolute atomic E-state index is 0.0214. The second kappa shape index (κ2) is 15.9. The van der Waals surface area contributed by atoms with Gasteiger partial charge in [0.15, 0.2) is 11.5 Å². The van der Waals surface area contributed by atoms with Crippen molar-refractivity contribution in [2.45, 2.75) is 82.9 Å². The highest BCUT2D eigenvalue weighted by Gasteiger charge is 2.38. The number of aryl methyl sites for hydroxylation is 2. The first kappa shape index (κ1) is 38.4. The van der Waals surface area contributed by atoms with Crippen LogP contribution in [0.5, 0.6) is 17.2 Å². The van der Waals surface area contributed by atoms with Crippen LogP contribution >= 0.6 is 12.6 Å². The number of rotatable bonds is 11. The number of para-hydroxylation sites is 2. The predicted octanol–water partition coefficient (Wildman–Crippen LogP) is 9.00. The first-order valence-electron chi connectivity index (χ1n) is 20.2. The van der Waals surface area contributed by atoms with E-state index >= 15 is 0 Å². The van der Waals surface area contributed by atoms with Gasteiger partial charge in [-0.1, -0.05) is 43.3 Å². The second-order valence-electron chi connectivity index (χ2n) is 15.9. The van der Waals surface area contributed by atoms with Gasteiger partial charge in [0.2, 0.25) is 5.91 Å². The number of aliphatic imine (C=N–C) groups is 1. The van der Waals surface area contributed by atoms with Gasteiger partial charge < -0.3 is 24.4 Å². The summed E-state index contributed by atoms with van der Waals surface area (Å²) in [6, 6.07) is 29.3. The number of methoxy groups -OCH3 is 1. The summed E-state index contributed by atoms with van der Waals surface area (Å²) in [6.07, 6.45) is 5.99. The molecule has 4 aliphatic heterocycles. The van der Waals surface area contributed by atoms with Crippen LogP contribution in [0.2, 0.25) is 0 Å². The van der Waals surface area contributed by atoms with Crippen LogP contribution in [0.4, 0.5) is 22.7 Å². The topological polar surface area (TPSA) is 110 Å². The third kappa shape index (κ3) is 7.55. The number of benzene rings is 5. The van der Waals surface area contributed by atoms with E-state index in [1.165, 1.54) is 5.56 Å². The van der Waals surface area contributed by atoms with Crippen LogP contribution in [0.25, 0.3) is 0 Å². The third-order valence-corrected chi connectivity index (χ3v) is 12.0. The lowest BCUT2D eigenvalue weighted by molar-refractivity contribution is -0.116. The molecule has 1 unspecified atom stereocenters. The van der Waals surface area contributed by atoms with Crippen molar-refractivity contribution in [2.24, 2.45) is 4.99 Å². The minimum Gasteiger partial charge on any atom is -0.493 e. The summed E-state index contributed by atoms with van der Waals surface area (Å²) in [4.78, 5) is 49.4. The Morgan fingerprint density at radius 3 is 2.22 bits per heavy atom. The van der Waals surface area contributed by atoms with Gasteiger partial charge in [0.1, 0.15) is 19.0 Å². The highest BCUT2D eigenvalue weighted by molar-refractivity contribution is 7.80. The predicted molar refractivity (Wildman–Crippen MR) is 234 cm³/mol. The quantitative estimate of drug-likeness (QED) is 0.129. The highest BCUT2D eigenvalue weighted by atomic mass is 32.1. The molecule has 0 aromatic heterocycles. The van der Waals surface area contributed by atoms with Gasteiger partial charge in [-0.25, -0.2) is 0 Å². The number of hydrogen-bond acceptors (Lipinski definition) is 8. The van der Waals surface area contributed by atoms with Crippen molar-refractivity contribution in [3.63, 3.8) is 0 Å². The summed E-state index contributed by atoms with van der Waals surface area (Å²) in [7, 11) is 1.58. The van der Waals surface area contributed by atoms with Crippen molar-refractivity contribution in [2.75, 3.05) is 22.2 Å². The maximum Gasteiger partial charge on any atom is 0.261 e. The van der Waals surface area contributed by atoms with E-state index in [9.17, 15) is 14.4 Å². The summed E-state index contributed by atoms with van der Waals surface area (Å²) in [5, 5.41) is 3.15. The third-order valence-electron chi connectivity index (χ3n) is 11.7. The van der Waals surface area contributed by atoms with Crippen molar-refractivity contribution in [1.82, 2.24) is 0 Å². The van der Waals surface area contributed by atoms with Gasteiger partial charge in [-0.05, 0) is 120 Å². The molecule has 0 saturated heterocycles. The molecule has 1 N–H and O–H groups in total. The Bertz CT molecular complexity index is 2530. The molecule has 0 aliphatic carbocycles. The zero-order valence-corrected chi connectivity index (χ0v) is 34.3. The lowest BCUT2D eigenvalue weighted by Gasteiger charge is -2.23. The monoisotopic (exact) mass is 806 g/mol. The highest BCUT2D eigenvalue weighted by Crippen LogP contribution is 2.42. The minimum atomic E-state index is -0.143. The van der Waals surface area contributed by atoms with Crippen molar-refractivity contribution >= 4 is 59.3 Å². The first-order chi connectivity index (χ1) is 28.6. The Morgan fingerprint density at radius 1 is 0.814 bits per heavy atom. The number of ether oxygens (including phenoxy) is 3. The van der Waals surface area contributed by atoms with Gasteiger partial charge in [-0.3, -0.25) is 24.3 Å². The molecule has 4 aliphatic rings. The molecule has 0 spiro atoms. The molecule has 11 heteroatoms. The molecule has 0 saturated carbocycles. The van der Waals surface area contributed by atoms with Crippen LogP contribution in [-0.4, -0.2) is 48.4 Å². The van der Waals surface area contributed by atoms with E-state index in [4.69, 9.17) is 19.2 Å². The van der Waals surface area contributed by atoms with Crippen molar-refractivity contribution in [1.29, 1.82) is 0 Å². The molecule has 59 heavy (non-hydrogen) atoms. The first-order valence-corrected chi connectivity index (χ1v) is 20.7. The van der Waals surface area contributed by atoms with Crippen LogP contribution in [0.3, 0.4) is 0 Å². The van der Waals surface area contributed by atoms with Gasteiger partial charge in [-0.15, -0.1) is 0 Å². The summed E-state index contributed by atoms with van der Waals surface area (Å²) in [5.41, 5.74) is 9.96. The number of carbonyl (C=O) groups excluding carboxylic acids is 3. The van der Waals surface area contributed by atoms with Crippen molar-refractivity contribution in [3.8, 4) is 17.2 Å². The molecular weight excluding hydrogens is 761 g/mol. The average molecular weight is 807 g/mol. The summed E-state index contributed by atoms with van der Waals surface area (Å²) in [6.45, 7) is 4.25. The number of fused-ring (bicyclic) bond motifs is 8. The normalized spacial score (nSPS) is 17.8. The Labute approximate surface area is 349 Å². The molecular formula is C48H46N4O6S. The van der Waals surface area contributed by atoms with E-state index in [-0.39, 0.29) is 48.3 Å². The molecule has 3 atom stereocenters. The Balaban J connectivity index is 0.955. The van der Waals surface area contributed by atoms with Gasteiger partial charge in [0, 0.05) is 53.8 Å². The number of thiol groups is 1. The smallest absolute Gasteiger partial charge is 0.261 e. The Hall–Kier alpha value is -6.07. The summed E-state index contributed by atoms with van der Waals surface area (Å²) >= 11 is 4.44. The average Bonchev–Trinajstić information content (AvgIpc) is 3.73. The second-order valence-corrected chi connectivity index (χ2v) is 16.8. The molecule has 0 fully saturated rings. The fourth-order valence-corrected chi connectivity index (χ4v) is 8.92. The lowest BCUT2D eigenvalue weighted by atomic mass is 9.99. The maximum absolute atomic E-state index is 14.0. The number of amides is 3. The van der Waals surface area contributed by atoms with Gasteiger partial charge >= 0.3 is 0 Å². The molecule has 10 nitrogen and oxygen atoms in total. The van der Waals surface area contributed by atoms with E-state index in [0.717, 1.165) is 64.9 Å². The van der Waals surface area contributed by atoms with Gasteiger partial charge in [0.25, 0.3) is 11.8 Å². The van der Waals surface area contributed by atoms with Crippen LogP contribution in [0.15, 0.2) is 96.0 Å². The van der Waals surface area contributed by atoms with Crippen molar-refractivity contribution < 1.29 is 28.6 Å². The zero-order valence-electron chi connectivity index (χ0n) is 33.4. The number of nitrogens with one attached hydrogen (secondary N) is 1. The maximum atomic E-state index is 14.0. The van der Waals surface area contributed by atoms with Gasteiger partial charge in [0.05, 0.1) is 24.4 Å². The lowest BCUT2D eigenvalue weighted by Crippen LogP contribution is -2.37. The molecule has 5 aromatic rings. The fraction of sp³-hybridized carbons (Fsp3) is 0.292. The van der Waals surface area contributed by atoms with E-state index in [1.54, 1.807) is 13.2 Å². The standard InChI is InChI=1S/C48H46N4O6S/c1-28-16-39-40(49-25-37-21-34-9-5-7-11-42(34)52(37)48(39)55)24-43(28)57-26-30-17-31(19-35(18-30)50-46(53)15-12-29(2)59)27-58-45-22-32-13-14-36-20-33-8-4-6-10-41(33)51(36)47(54)38(32)23-44(45)56-3/h4-11,16-19,22-25,29,36-37,59H,12-15,20-21,26-27H2,1-3H3,(H,50,53)/t29?,36-,37+/m1/s1. The number of anilines is 3. The molecule has 5 aromatic carbocycles. The van der Waals surface area contributed by atoms with Crippen LogP contribution in [-0.2, 0) is 37.3 Å². The van der Waals surface area contributed by atoms with E-state index < -0.39 is 0 Å². The summed E-state index contributed by atoms with van der Waals surface area (Å²) < 4.78 is 18.7. The van der Waals surface area contributed by atoms with Crippen molar-refractivity contribution in [3.05, 3.63) is 136 Å². The molecule has 3 amide bonds. The molecule has 300 valence electrons. The molecule has 0 bridgehead atoms.